The second-order valence-electron chi connectivity index (χ2n) is 5.17. The highest BCUT2D eigenvalue weighted by Crippen LogP contribution is 2.30. The number of methoxy groups -OCH3 is 1. The monoisotopic (exact) mass is 277 g/mol. The molecule has 0 heterocycles. The normalized spacial score (nSPS) is 13.8. The topological polar surface area (TPSA) is 38.3 Å². The van der Waals surface area contributed by atoms with Crippen LogP contribution < -0.4 is 5.32 Å². The highest BCUT2D eigenvalue weighted by Gasteiger charge is 2.32. The molecule has 0 aromatic heterocycles. The van der Waals surface area contributed by atoms with E-state index in [1.165, 1.54) is 12.7 Å². The standard InChI is InChI=1S/C17H27NO2/c1-5-12-18-17(7-3,13-16(19)20-4)15-10-8-14(6-2)9-11-15/h8-11,18H,5-7,12-13H2,1-4H3. The number of aryl methyl sites for hydroxylation is 1. The van der Waals surface area contributed by atoms with Crippen molar-refractivity contribution >= 4 is 5.97 Å². The zero-order chi connectivity index (χ0) is 15.0. The van der Waals surface area contributed by atoms with Crippen molar-refractivity contribution in [1.82, 2.24) is 5.32 Å². The first kappa shape index (κ1) is 16.7. The fourth-order valence-corrected chi connectivity index (χ4v) is 2.46. The van der Waals surface area contributed by atoms with Crippen LogP contribution in [0, 0.1) is 0 Å². The average molecular weight is 277 g/mol. The molecular weight excluding hydrogens is 250 g/mol. The van der Waals surface area contributed by atoms with Gasteiger partial charge in [-0.15, -0.1) is 0 Å². The molecule has 0 saturated heterocycles. The van der Waals surface area contributed by atoms with E-state index in [2.05, 4.69) is 50.4 Å². The molecule has 1 atom stereocenters. The number of ether oxygens (including phenoxy) is 1. The first-order chi connectivity index (χ1) is 9.61. The molecule has 1 rings (SSSR count). The molecule has 0 aliphatic carbocycles. The van der Waals surface area contributed by atoms with Gasteiger partial charge in [0.1, 0.15) is 0 Å². The smallest absolute Gasteiger partial charge is 0.307 e. The van der Waals surface area contributed by atoms with Crippen LogP contribution in [-0.2, 0) is 21.5 Å². The molecule has 1 unspecified atom stereocenters. The maximum absolute atomic E-state index is 11.8. The summed E-state index contributed by atoms with van der Waals surface area (Å²) in [5, 5.41) is 3.55. The third-order valence-electron chi connectivity index (χ3n) is 3.91. The molecule has 0 radical (unpaired) electrons. The second-order valence-corrected chi connectivity index (χ2v) is 5.17. The van der Waals surface area contributed by atoms with Gasteiger partial charge in [-0.2, -0.15) is 0 Å². The van der Waals surface area contributed by atoms with Gasteiger partial charge in [0.2, 0.25) is 0 Å². The third-order valence-corrected chi connectivity index (χ3v) is 3.91. The van der Waals surface area contributed by atoms with Crippen molar-refractivity contribution in [3.05, 3.63) is 35.4 Å². The molecule has 112 valence electrons. The maximum Gasteiger partial charge on any atom is 0.307 e. The fraction of sp³-hybridized carbons (Fsp3) is 0.588. The molecule has 0 bridgehead atoms. The van der Waals surface area contributed by atoms with E-state index in [0.29, 0.717) is 6.42 Å². The Labute approximate surface area is 122 Å². The number of esters is 1. The minimum atomic E-state index is -0.324. The van der Waals surface area contributed by atoms with E-state index in [1.54, 1.807) is 0 Å². The zero-order valence-electron chi connectivity index (χ0n) is 13.2. The van der Waals surface area contributed by atoms with Crippen molar-refractivity contribution in [1.29, 1.82) is 0 Å². The van der Waals surface area contributed by atoms with Crippen LogP contribution in [0.2, 0.25) is 0 Å². The van der Waals surface area contributed by atoms with Gasteiger partial charge in [0.05, 0.1) is 19.1 Å². The Kier molecular flexibility index (Phi) is 6.73. The van der Waals surface area contributed by atoms with Crippen molar-refractivity contribution in [2.45, 2.75) is 52.0 Å². The summed E-state index contributed by atoms with van der Waals surface area (Å²) in [5.41, 5.74) is 2.15. The molecular formula is C17H27NO2. The summed E-state index contributed by atoms with van der Waals surface area (Å²) in [6, 6.07) is 8.55. The molecule has 0 aliphatic heterocycles. The number of carbonyl (C=O) groups excluding carboxylic acids is 1. The van der Waals surface area contributed by atoms with E-state index < -0.39 is 0 Å². The first-order valence-electron chi connectivity index (χ1n) is 7.53. The number of hydrogen-bond donors (Lipinski definition) is 1. The maximum atomic E-state index is 11.8. The van der Waals surface area contributed by atoms with Crippen molar-refractivity contribution in [3.8, 4) is 0 Å². The van der Waals surface area contributed by atoms with Crippen LogP contribution in [0.25, 0.3) is 0 Å². The summed E-state index contributed by atoms with van der Waals surface area (Å²) >= 11 is 0. The van der Waals surface area contributed by atoms with Crippen molar-refractivity contribution in [2.24, 2.45) is 0 Å². The summed E-state index contributed by atoms with van der Waals surface area (Å²) in [7, 11) is 1.45. The Morgan fingerprint density at radius 3 is 2.30 bits per heavy atom. The molecule has 1 aromatic carbocycles. The Morgan fingerprint density at radius 2 is 1.85 bits per heavy atom. The number of hydrogen-bond acceptors (Lipinski definition) is 3. The molecule has 1 aromatic rings. The van der Waals surface area contributed by atoms with E-state index in [4.69, 9.17) is 4.74 Å². The zero-order valence-corrected chi connectivity index (χ0v) is 13.2. The molecule has 0 fully saturated rings. The summed E-state index contributed by atoms with van der Waals surface area (Å²) in [6.45, 7) is 7.28. The van der Waals surface area contributed by atoms with Crippen LogP contribution in [0.15, 0.2) is 24.3 Å². The lowest BCUT2D eigenvalue weighted by Crippen LogP contribution is -2.44. The Morgan fingerprint density at radius 1 is 1.20 bits per heavy atom. The van der Waals surface area contributed by atoms with Gasteiger partial charge in [-0.05, 0) is 36.9 Å². The van der Waals surface area contributed by atoms with Gasteiger partial charge in [-0.1, -0.05) is 45.0 Å². The van der Waals surface area contributed by atoms with Crippen LogP contribution in [-0.4, -0.2) is 19.6 Å². The summed E-state index contributed by atoms with van der Waals surface area (Å²) in [5.74, 6) is -0.171. The van der Waals surface area contributed by atoms with Crippen molar-refractivity contribution in [2.75, 3.05) is 13.7 Å². The molecule has 3 nitrogen and oxygen atoms in total. The Balaban J connectivity index is 3.07. The molecule has 0 aliphatic rings. The van der Waals surface area contributed by atoms with E-state index in [1.807, 2.05) is 0 Å². The lowest BCUT2D eigenvalue weighted by Gasteiger charge is -2.34. The van der Waals surface area contributed by atoms with Crippen LogP contribution >= 0.6 is 0 Å². The predicted molar refractivity (Wildman–Crippen MR) is 82.7 cm³/mol. The number of benzene rings is 1. The number of nitrogens with one attached hydrogen (secondary N) is 1. The van der Waals surface area contributed by atoms with E-state index in [9.17, 15) is 4.79 Å². The highest BCUT2D eigenvalue weighted by molar-refractivity contribution is 5.71. The minimum Gasteiger partial charge on any atom is -0.469 e. The van der Waals surface area contributed by atoms with Gasteiger partial charge in [0.15, 0.2) is 0 Å². The highest BCUT2D eigenvalue weighted by atomic mass is 16.5. The molecule has 0 amide bonds. The largest absolute Gasteiger partial charge is 0.469 e. The quantitative estimate of drug-likeness (QED) is 0.740. The van der Waals surface area contributed by atoms with Crippen molar-refractivity contribution < 1.29 is 9.53 Å². The molecule has 0 spiro atoms. The first-order valence-corrected chi connectivity index (χ1v) is 7.53. The average Bonchev–Trinajstić information content (AvgIpc) is 2.51. The van der Waals surface area contributed by atoms with E-state index in [0.717, 1.165) is 31.4 Å². The molecule has 0 saturated carbocycles. The molecule has 20 heavy (non-hydrogen) atoms. The van der Waals surface area contributed by atoms with Crippen LogP contribution in [0.3, 0.4) is 0 Å². The van der Waals surface area contributed by atoms with Crippen molar-refractivity contribution in [3.63, 3.8) is 0 Å². The Hall–Kier alpha value is -1.35. The van der Waals surface area contributed by atoms with E-state index >= 15 is 0 Å². The van der Waals surface area contributed by atoms with Gasteiger partial charge >= 0.3 is 5.97 Å². The predicted octanol–water partition coefficient (Wildman–Crippen LogP) is 3.42. The van der Waals surface area contributed by atoms with E-state index in [-0.39, 0.29) is 11.5 Å². The summed E-state index contributed by atoms with van der Waals surface area (Å²) in [4.78, 5) is 11.8. The minimum absolute atomic E-state index is 0.171. The van der Waals surface area contributed by atoms with Gasteiger partial charge < -0.3 is 10.1 Å². The van der Waals surface area contributed by atoms with Crippen LogP contribution in [0.4, 0.5) is 0 Å². The number of carbonyl (C=O) groups is 1. The summed E-state index contributed by atoms with van der Waals surface area (Å²) < 4.78 is 4.87. The van der Waals surface area contributed by atoms with Gasteiger partial charge in [-0.3, -0.25) is 4.79 Å². The third kappa shape index (κ3) is 4.07. The van der Waals surface area contributed by atoms with Gasteiger partial charge in [0.25, 0.3) is 0 Å². The number of rotatable bonds is 8. The lowest BCUT2D eigenvalue weighted by molar-refractivity contribution is -0.142. The van der Waals surface area contributed by atoms with Gasteiger partial charge in [-0.25, -0.2) is 0 Å². The van der Waals surface area contributed by atoms with Gasteiger partial charge in [0, 0.05) is 0 Å². The SMILES string of the molecule is CCCNC(CC)(CC(=O)OC)c1ccc(CC)cc1. The molecule has 3 heteroatoms. The Bertz CT molecular complexity index is 414. The fourth-order valence-electron chi connectivity index (χ4n) is 2.46. The summed E-state index contributed by atoms with van der Waals surface area (Å²) in [6.07, 6.45) is 3.29. The second kappa shape index (κ2) is 8.05. The van der Waals surface area contributed by atoms with Crippen LogP contribution in [0.5, 0.6) is 0 Å². The van der Waals surface area contributed by atoms with Crippen LogP contribution in [0.1, 0.15) is 51.2 Å². The molecule has 1 N–H and O–H groups in total. The lowest BCUT2D eigenvalue weighted by atomic mass is 9.83.